The van der Waals surface area contributed by atoms with Crippen molar-refractivity contribution in [1.82, 2.24) is 10.2 Å². The number of nitrogens with zero attached hydrogens (tertiary/aromatic N) is 1. The van der Waals surface area contributed by atoms with E-state index in [1.807, 2.05) is 13.0 Å². The molecule has 0 saturated heterocycles. The Balaban J connectivity index is 2.71. The van der Waals surface area contributed by atoms with Crippen LogP contribution < -0.4 is 5.32 Å². The van der Waals surface area contributed by atoms with Crippen LogP contribution in [-0.4, -0.2) is 43.5 Å². The van der Waals surface area contributed by atoms with Gasteiger partial charge in [-0.25, -0.2) is 4.79 Å². The van der Waals surface area contributed by atoms with Crippen LogP contribution in [0.3, 0.4) is 0 Å². The molecule has 1 rings (SSSR count). The van der Waals surface area contributed by atoms with Gasteiger partial charge in [-0.15, -0.1) is 0 Å². The second kappa shape index (κ2) is 8.62. The maximum atomic E-state index is 12.2. The Hall–Kier alpha value is -1.62. The maximum Gasteiger partial charge on any atom is 0.336 e. The summed E-state index contributed by atoms with van der Waals surface area (Å²) in [5, 5.41) is 2.87. The number of carbonyl (C=O) groups excluding carboxylic acids is 2. The third-order valence-corrected chi connectivity index (χ3v) is 3.45. The summed E-state index contributed by atoms with van der Waals surface area (Å²) in [6, 6.07) is 0. The number of hydrogen-bond acceptors (Lipinski definition) is 4. The van der Waals surface area contributed by atoms with Gasteiger partial charge in [-0.3, -0.25) is 9.69 Å². The highest BCUT2D eigenvalue weighted by Crippen LogP contribution is 2.24. The molecule has 0 fully saturated rings. The van der Waals surface area contributed by atoms with Crippen LogP contribution in [0.1, 0.15) is 40.0 Å². The van der Waals surface area contributed by atoms with Crippen LogP contribution in [-0.2, 0) is 14.3 Å². The van der Waals surface area contributed by atoms with E-state index < -0.39 is 0 Å². The lowest BCUT2D eigenvalue weighted by Crippen LogP contribution is -2.38. The molecule has 1 N–H and O–H groups in total. The summed E-state index contributed by atoms with van der Waals surface area (Å²) in [4.78, 5) is 26.0. The van der Waals surface area contributed by atoms with E-state index in [-0.39, 0.29) is 11.9 Å². The fourth-order valence-electron chi connectivity index (χ4n) is 2.46. The molecule has 5 nitrogen and oxygen atoms in total. The minimum absolute atomic E-state index is 0.0806. The van der Waals surface area contributed by atoms with Crippen molar-refractivity contribution in [2.24, 2.45) is 0 Å². The largest absolute Gasteiger partial charge is 0.466 e. The summed E-state index contributed by atoms with van der Waals surface area (Å²) in [5.74, 6) is -0.458. The number of nitrogens with one attached hydrogen (secondary N) is 1. The highest BCUT2D eigenvalue weighted by atomic mass is 16.5. The Kier molecular flexibility index (Phi) is 7.15. The van der Waals surface area contributed by atoms with Gasteiger partial charge >= 0.3 is 5.97 Å². The van der Waals surface area contributed by atoms with Crippen LogP contribution in [0.2, 0.25) is 0 Å². The van der Waals surface area contributed by atoms with Crippen molar-refractivity contribution in [2.75, 3.05) is 26.7 Å². The molecule has 0 unspecified atom stereocenters. The molecule has 0 atom stereocenters. The third-order valence-electron chi connectivity index (χ3n) is 3.45. The molecule has 0 heterocycles. The molecule has 0 saturated carbocycles. The predicted molar refractivity (Wildman–Crippen MR) is 82.6 cm³/mol. The number of methoxy groups -OCH3 is 1. The van der Waals surface area contributed by atoms with Crippen LogP contribution >= 0.6 is 0 Å². The van der Waals surface area contributed by atoms with Crippen molar-refractivity contribution in [2.45, 2.75) is 40.0 Å². The van der Waals surface area contributed by atoms with E-state index in [9.17, 15) is 9.59 Å². The zero-order valence-corrected chi connectivity index (χ0v) is 13.5. The minimum atomic E-state index is -0.377. The molecule has 1 aliphatic rings. The standard InChI is InChI=1S/C16H26N2O3/c1-5-9-18(10-6-2)11-14(19)17-15-12(3)7-8-13(15)16(20)21-4/h7H,5-6,8-11H2,1-4H3,(H,17,19). The van der Waals surface area contributed by atoms with Gasteiger partial charge in [0, 0.05) is 6.42 Å². The fourth-order valence-corrected chi connectivity index (χ4v) is 2.46. The van der Waals surface area contributed by atoms with Crippen molar-refractivity contribution in [3.05, 3.63) is 22.9 Å². The molecule has 1 amide bonds. The summed E-state index contributed by atoms with van der Waals surface area (Å²) >= 11 is 0. The Morgan fingerprint density at radius 1 is 1.29 bits per heavy atom. The molecule has 0 radical (unpaired) electrons. The molecule has 5 heteroatoms. The third kappa shape index (κ3) is 5.01. The Morgan fingerprint density at radius 3 is 2.43 bits per heavy atom. The Labute approximate surface area is 127 Å². The van der Waals surface area contributed by atoms with Crippen LogP contribution in [0.25, 0.3) is 0 Å². The van der Waals surface area contributed by atoms with Crippen LogP contribution in [0.5, 0.6) is 0 Å². The summed E-state index contributed by atoms with van der Waals surface area (Å²) in [5.41, 5.74) is 2.06. The molecule has 118 valence electrons. The van der Waals surface area contributed by atoms with Gasteiger partial charge in [-0.1, -0.05) is 19.9 Å². The van der Waals surface area contributed by atoms with E-state index in [1.54, 1.807) is 0 Å². The number of rotatable bonds is 8. The first kappa shape index (κ1) is 17.4. The topological polar surface area (TPSA) is 58.6 Å². The first-order valence-electron chi connectivity index (χ1n) is 7.54. The van der Waals surface area contributed by atoms with Crippen molar-refractivity contribution >= 4 is 11.9 Å². The average molecular weight is 294 g/mol. The molecular formula is C16H26N2O3. The van der Waals surface area contributed by atoms with Crippen molar-refractivity contribution in [1.29, 1.82) is 0 Å². The smallest absolute Gasteiger partial charge is 0.336 e. The van der Waals surface area contributed by atoms with Gasteiger partial charge < -0.3 is 10.1 Å². The Morgan fingerprint density at radius 2 is 1.90 bits per heavy atom. The normalized spacial score (nSPS) is 14.4. The summed E-state index contributed by atoms with van der Waals surface area (Å²) in [6.45, 7) is 8.25. The molecule has 0 aromatic carbocycles. The zero-order valence-electron chi connectivity index (χ0n) is 13.5. The van der Waals surface area contributed by atoms with E-state index >= 15 is 0 Å². The van der Waals surface area contributed by atoms with E-state index in [0.717, 1.165) is 31.5 Å². The highest BCUT2D eigenvalue weighted by Gasteiger charge is 2.23. The zero-order chi connectivity index (χ0) is 15.8. The molecule has 0 spiro atoms. The van der Waals surface area contributed by atoms with Gasteiger partial charge in [0.2, 0.25) is 5.91 Å². The van der Waals surface area contributed by atoms with Crippen LogP contribution in [0.4, 0.5) is 0 Å². The van der Waals surface area contributed by atoms with Gasteiger partial charge in [0.05, 0.1) is 24.9 Å². The second-order valence-corrected chi connectivity index (χ2v) is 5.26. The number of esters is 1. The predicted octanol–water partition coefficient (Wildman–Crippen LogP) is 2.00. The quantitative estimate of drug-likeness (QED) is 0.696. The van der Waals surface area contributed by atoms with E-state index in [4.69, 9.17) is 4.74 Å². The fraction of sp³-hybridized carbons (Fsp3) is 0.625. The molecule has 0 bridgehead atoms. The monoisotopic (exact) mass is 294 g/mol. The molecule has 1 aliphatic carbocycles. The van der Waals surface area contributed by atoms with Gasteiger partial charge in [0.15, 0.2) is 0 Å². The average Bonchev–Trinajstić information content (AvgIpc) is 2.80. The minimum Gasteiger partial charge on any atom is -0.466 e. The van der Waals surface area contributed by atoms with Gasteiger partial charge in [0.1, 0.15) is 0 Å². The highest BCUT2D eigenvalue weighted by molar-refractivity contribution is 5.93. The summed E-state index contributed by atoms with van der Waals surface area (Å²) < 4.78 is 4.76. The second-order valence-electron chi connectivity index (χ2n) is 5.26. The first-order valence-corrected chi connectivity index (χ1v) is 7.54. The number of ether oxygens (including phenoxy) is 1. The number of allylic oxidation sites excluding steroid dienone is 2. The first-order chi connectivity index (χ1) is 10.0. The van der Waals surface area contributed by atoms with Crippen LogP contribution in [0, 0.1) is 0 Å². The Bertz CT molecular complexity index is 446. The van der Waals surface area contributed by atoms with E-state index in [1.165, 1.54) is 7.11 Å². The van der Waals surface area contributed by atoms with E-state index in [0.29, 0.717) is 24.2 Å². The van der Waals surface area contributed by atoms with Gasteiger partial charge in [0.25, 0.3) is 0 Å². The van der Waals surface area contributed by atoms with Gasteiger partial charge in [-0.05, 0) is 38.4 Å². The van der Waals surface area contributed by atoms with Crippen LogP contribution in [0.15, 0.2) is 22.9 Å². The van der Waals surface area contributed by atoms with Crippen molar-refractivity contribution in [3.8, 4) is 0 Å². The van der Waals surface area contributed by atoms with Gasteiger partial charge in [-0.2, -0.15) is 0 Å². The summed E-state index contributed by atoms with van der Waals surface area (Å²) in [6.07, 6.45) is 4.48. The van der Waals surface area contributed by atoms with E-state index in [2.05, 4.69) is 24.1 Å². The lowest BCUT2D eigenvalue weighted by atomic mass is 10.2. The lowest BCUT2D eigenvalue weighted by molar-refractivity contribution is -0.136. The molecule has 0 aromatic rings. The number of amides is 1. The van der Waals surface area contributed by atoms with Crippen molar-refractivity contribution < 1.29 is 14.3 Å². The molecule has 0 aliphatic heterocycles. The number of hydrogen-bond donors (Lipinski definition) is 1. The SMILES string of the molecule is CCCN(CCC)CC(=O)NC1=C(C(=O)OC)CC=C1C. The molecule has 0 aromatic heterocycles. The maximum absolute atomic E-state index is 12.2. The number of carbonyl (C=O) groups is 2. The molecule has 21 heavy (non-hydrogen) atoms. The summed E-state index contributed by atoms with van der Waals surface area (Å²) in [7, 11) is 1.35. The molecular weight excluding hydrogens is 268 g/mol. The lowest BCUT2D eigenvalue weighted by Gasteiger charge is -2.21. The van der Waals surface area contributed by atoms with Crippen molar-refractivity contribution in [3.63, 3.8) is 0 Å².